The third kappa shape index (κ3) is 26.2. The third-order valence-electron chi connectivity index (χ3n) is 5.82. The fraction of sp³-hybridized carbons (Fsp3) is 1.00. The Labute approximate surface area is 188 Å². The van der Waals surface area contributed by atoms with Crippen molar-refractivity contribution in [2.45, 2.75) is 155 Å². The number of aliphatic hydroxyl groups excluding tert-OH is 1. The second kappa shape index (κ2) is 26.3. The molecular formula is C26H54O2S. The van der Waals surface area contributed by atoms with Gasteiger partial charge in [0.15, 0.2) is 0 Å². The van der Waals surface area contributed by atoms with Crippen LogP contribution < -0.4 is 0 Å². The second-order valence-electron chi connectivity index (χ2n) is 8.91. The smallest absolute Gasteiger partial charge is 0.0873 e. The summed E-state index contributed by atoms with van der Waals surface area (Å²) in [5, 5.41) is 10.0. The summed E-state index contributed by atoms with van der Waals surface area (Å²) in [6.45, 7) is 5.05. The van der Waals surface area contributed by atoms with Crippen LogP contribution in [0.3, 0.4) is 0 Å². The summed E-state index contributed by atoms with van der Waals surface area (Å²) in [6.07, 6.45) is 27.9. The fourth-order valence-electron chi connectivity index (χ4n) is 3.78. The fourth-order valence-corrected chi connectivity index (χ4v) is 4.48. The highest BCUT2D eigenvalue weighted by Gasteiger charge is 2.04. The van der Waals surface area contributed by atoms with Gasteiger partial charge in [0.2, 0.25) is 0 Å². The van der Waals surface area contributed by atoms with E-state index in [4.69, 9.17) is 4.18 Å². The van der Waals surface area contributed by atoms with Crippen molar-refractivity contribution in [2.75, 3.05) is 12.4 Å². The first kappa shape index (κ1) is 29.3. The van der Waals surface area contributed by atoms with E-state index in [-0.39, 0.29) is 6.10 Å². The zero-order valence-electron chi connectivity index (χ0n) is 20.1. The lowest BCUT2D eigenvalue weighted by atomic mass is 10.0. The van der Waals surface area contributed by atoms with Gasteiger partial charge in [-0.25, -0.2) is 0 Å². The molecule has 29 heavy (non-hydrogen) atoms. The molecular weight excluding hydrogens is 376 g/mol. The van der Waals surface area contributed by atoms with Crippen molar-refractivity contribution in [3.8, 4) is 0 Å². The molecule has 0 aliphatic heterocycles. The number of hydrogen-bond acceptors (Lipinski definition) is 3. The first-order chi connectivity index (χ1) is 14.3. The number of unbranched alkanes of at least 4 members (excludes halogenated alkanes) is 18. The van der Waals surface area contributed by atoms with E-state index in [2.05, 4.69) is 13.8 Å². The van der Waals surface area contributed by atoms with Crippen molar-refractivity contribution in [2.24, 2.45) is 0 Å². The summed E-state index contributed by atoms with van der Waals surface area (Å²) >= 11 is 1.56. The molecule has 1 unspecified atom stereocenters. The SMILES string of the molecule is CCCCCCCCCCCCSOCC(O)CCCCCCCCCCCC. The molecule has 0 aromatic rings. The monoisotopic (exact) mass is 430 g/mol. The summed E-state index contributed by atoms with van der Waals surface area (Å²) in [6, 6.07) is 0. The molecule has 1 atom stereocenters. The quantitative estimate of drug-likeness (QED) is 0.116. The Kier molecular flexibility index (Phi) is 26.6. The molecule has 0 bridgehead atoms. The van der Waals surface area contributed by atoms with Gasteiger partial charge in [-0.05, 0) is 24.9 Å². The molecule has 0 fully saturated rings. The molecule has 0 amide bonds. The van der Waals surface area contributed by atoms with E-state index in [0.29, 0.717) is 6.61 Å². The van der Waals surface area contributed by atoms with Crippen molar-refractivity contribution in [3.63, 3.8) is 0 Å². The zero-order chi connectivity index (χ0) is 21.3. The van der Waals surface area contributed by atoms with Crippen molar-refractivity contribution in [1.82, 2.24) is 0 Å². The predicted octanol–water partition coefficient (Wildman–Crippen LogP) is 9.24. The van der Waals surface area contributed by atoms with Gasteiger partial charge in [-0.1, -0.05) is 136 Å². The maximum Gasteiger partial charge on any atom is 0.0873 e. The Bertz CT molecular complexity index is 286. The van der Waals surface area contributed by atoms with Crippen LogP contribution in [-0.4, -0.2) is 23.6 Å². The molecule has 0 rings (SSSR count). The summed E-state index contributed by atoms with van der Waals surface area (Å²) in [7, 11) is 0. The summed E-state index contributed by atoms with van der Waals surface area (Å²) in [4.78, 5) is 0. The van der Waals surface area contributed by atoms with Crippen LogP contribution >= 0.6 is 12.0 Å². The van der Waals surface area contributed by atoms with Crippen LogP contribution in [0.25, 0.3) is 0 Å². The van der Waals surface area contributed by atoms with E-state index >= 15 is 0 Å². The highest BCUT2D eigenvalue weighted by Crippen LogP contribution is 2.15. The Hall–Kier alpha value is 0.270. The van der Waals surface area contributed by atoms with Gasteiger partial charge in [0.05, 0.1) is 12.7 Å². The molecule has 0 aromatic carbocycles. The zero-order valence-corrected chi connectivity index (χ0v) is 20.9. The van der Waals surface area contributed by atoms with Gasteiger partial charge in [0.1, 0.15) is 0 Å². The van der Waals surface area contributed by atoms with Crippen LogP contribution in [0.2, 0.25) is 0 Å². The van der Waals surface area contributed by atoms with Crippen LogP contribution in [0.1, 0.15) is 149 Å². The molecule has 0 aromatic heterocycles. The van der Waals surface area contributed by atoms with E-state index < -0.39 is 0 Å². The van der Waals surface area contributed by atoms with Gasteiger partial charge in [0.25, 0.3) is 0 Å². The lowest BCUT2D eigenvalue weighted by Gasteiger charge is -2.10. The van der Waals surface area contributed by atoms with E-state index in [1.807, 2.05) is 0 Å². The molecule has 1 N–H and O–H groups in total. The Morgan fingerprint density at radius 2 is 0.931 bits per heavy atom. The minimum Gasteiger partial charge on any atom is -0.391 e. The number of rotatable bonds is 25. The summed E-state index contributed by atoms with van der Waals surface area (Å²) < 4.78 is 5.59. The van der Waals surface area contributed by atoms with Gasteiger partial charge in [-0.3, -0.25) is 0 Å². The molecule has 0 radical (unpaired) electrons. The Morgan fingerprint density at radius 1 is 0.552 bits per heavy atom. The highest BCUT2D eigenvalue weighted by atomic mass is 32.2. The predicted molar refractivity (Wildman–Crippen MR) is 133 cm³/mol. The Morgan fingerprint density at radius 3 is 1.38 bits per heavy atom. The average Bonchev–Trinajstić information content (AvgIpc) is 2.72. The van der Waals surface area contributed by atoms with E-state index in [9.17, 15) is 5.11 Å². The first-order valence-electron chi connectivity index (χ1n) is 13.2. The molecule has 0 spiro atoms. The number of hydrogen-bond donors (Lipinski definition) is 1. The topological polar surface area (TPSA) is 29.5 Å². The molecule has 0 heterocycles. The molecule has 3 heteroatoms. The summed E-state index contributed by atoms with van der Waals surface area (Å²) in [5.74, 6) is 1.07. The Balaban J connectivity index is 3.12. The lowest BCUT2D eigenvalue weighted by Crippen LogP contribution is -2.13. The van der Waals surface area contributed by atoms with Crippen LogP contribution in [0.5, 0.6) is 0 Å². The van der Waals surface area contributed by atoms with E-state index in [0.717, 1.165) is 18.6 Å². The van der Waals surface area contributed by atoms with Crippen molar-refractivity contribution in [3.05, 3.63) is 0 Å². The molecule has 0 aliphatic carbocycles. The van der Waals surface area contributed by atoms with Gasteiger partial charge in [0, 0.05) is 5.75 Å². The van der Waals surface area contributed by atoms with E-state index in [1.54, 1.807) is 12.0 Å². The van der Waals surface area contributed by atoms with Crippen LogP contribution in [0.15, 0.2) is 0 Å². The largest absolute Gasteiger partial charge is 0.391 e. The molecule has 0 aliphatic rings. The van der Waals surface area contributed by atoms with Crippen LogP contribution in [0, 0.1) is 0 Å². The molecule has 0 saturated carbocycles. The minimum absolute atomic E-state index is 0.274. The van der Waals surface area contributed by atoms with Gasteiger partial charge in [-0.2, -0.15) is 0 Å². The van der Waals surface area contributed by atoms with Gasteiger partial charge >= 0.3 is 0 Å². The van der Waals surface area contributed by atoms with Crippen molar-refractivity contribution in [1.29, 1.82) is 0 Å². The lowest BCUT2D eigenvalue weighted by molar-refractivity contribution is 0.108. The van der Waals surface area contributed by atoms with Crippen molar-refractivity contribution < 1.29 is 9.29 Å². The molecule has 176 valence electrons. The summed E-state index contributed by atoms with van der Waals surface area (Å²) in [5.41, 5.74) is 0. The second-order valence-corrected chi connectivity index (χ2v) is 9.79. The number of aliphatic hydroxyl groups is 1. The minimum atomic E-state index is -0.274. The van der Waals surface area contributed by atoms with Crippen LogP contribution in [0.4, 0.5) is 0 Å². The molecule has 0 saturated heterocycles. The average molecular weight is 431 g/mol. The maximum atomic E-state index is 10.0. The maximum absolute atomic E-state index is 10.0. The molecule has 2 nitrogen and oxygen atoms in total. The van der Waals surface area contributed by atoms with E-state index in [1.165, 1.54) is 122 Å². The standard InChI is InChI=1S/C26H54O2S/c1-3-5-7-9-11-13-15-17-19-21-23-26(27)25-28-29-24-22-20-18-16-14-12-10-8-6-4-2/h26-27H,3-25H2,1-2H3. The normalized spacial score (nSPS) is 12.5. The third-order valence-corrected chi connectivity index (χ3v) is 6.57. The van der Waals surface area contributed by atoms with Crippen molar-refractivity contribution >= 4 is 12.0 Å². The first-order valence-corrected chi connectivity index (χ1v) is 14.1. The van der Waals surface area contributed by atoms with Crippen LogP contribution in [-0.2, 0) is 4.18 Å². The van der Waals surface area contributed by atoms with Gasteiger partial charge < -0.3 is 9.29 Å². The van der Waals surface area contributed by atoms with Gasteiger partial charge in [-0.15, -0.1) is 0 Å². The highest BCUT2D eigenvalue weighted by molar-refractivity contribution is 7.94.